The van der Waals surface area contributed by atoms with Gasteiger partial charge in [-0.3, -0.25) is 18.7 Å². The highest BCUT2D eigenvalue weighted by atomic mass is 19.1. The third-order valence-electron chi connectivity index (χ3n) is 5.05. The van der Waals surface area contributed by atoms with E-state index in [9.17, 15) is 14.0 Å². The lowest BCUT2D eigenvalue weighted by Crippen LogP contribution is -2.31. The second kappa shape index (κ2) is 9.17. The number of nitrogens with one attached hydrogen (secondary N) is 1. The van der Waals surface area contributed by atoms with Crippen LogP contribution in [0.3, 0.4) is 0 Å². The van der Waals surface area contributed by atoms with Gasteiger partial charge in [-0.15, -0.1) is 0 Å². The summed E-state index contributed by atoms with van der Waals surface area (Å²) in [6.45, 7) is 0.743. The van der Waals surface area contributed by atoms with Crippen molar-refractivity contribution in [1.29, 1.82) is 0 Å². The third kappa shape index (κ3) is 4.58. The number of benzene rings is 1. The van der Waals surface area contributed by atoms with Crippen LogP contribution >= 0.6 is 0 Å². The van der Waals surface area contributed by atoms with E-state index in [4.69, 9.17) is 4.74 Å². The quantitative estimate of drug-likeness (QED) is 0.462. The van der Waals surface area contributed by atoms with Crippen LogP contribution in [0.1, 0.15) is 20.8 Å². The Labute approximate surface area is 188 Å². The van der Waals surface area contributed by atoms with Crippen LogP contribution in [-0.2, 0) is 11.8 Å². The number of methoxy groups -OCH3 is 1. The van der Waals surface area contributed by atoms with Gasteiger partial charge in [-0.25, -0.2) is 9.37 Å². The molecule has 33 heavy (non-hydrogen) atoms. The smallest absolute Gasteiger partial charge is 0.275 e. The molecule has 0 aliphatic rings. The number of likely N-dealkylation sites (N-methyl/N-ethyl adjacent to an activating group) is 1. The molecule has 0 unspecified atom stereocenters. The fraction of sp³-hybridized carbons (Fsp3) is 0.227. The van der Waals surface area contributed by atoms with Gasteiger partial charge in [0.15, 0.2) is 0 Å². The number of aromatic nitrogens is 5. The minimum atomic E-state index is -0.535. The first-order valence-corrected chi connectivity index (χ1v) is 10.1. The zero-order valence-corrected chi connectivity index (χ0v) is 18.3. The maximum atomic E-state index is 13.5. The number of imidazole rings is 1. The number of hydrogen-bond donors (Lipinski definition) is 1. The van der Waals surface area contributed by atoms with Gasteiger partial charge in [0.25, 0.3) is 11.8 Å². The average Bonchev–Trinajstić information content (AvgIpc) is 3.40. The number of fused-ring (bicyclic) bond motifs is 1. The number of hydrogen-bond acceptors (Lipinski definition) is 6. The molecule has 170 valence electrons. The molecule has 3 aromatic heterocycles. The van der Waals surface area contributed by atoms with Crippen molar-refractivity contribution < 1.29 is 18.7 Å². The molecule has 0 fully saturated rings. The van der Waals surface area contributed by atoms with Crippen molar-refractivity contribution in [3.05, 3.63) is 66.0 Å². The van der Waals surface area contributed by atoms with E-state index in [1.807, 2.05) is 0 Å². The normalized spacial score (nSPS) is 11.0. The van der Waals surface area contributed by atoms with E-state index in [1.54, 1.807) is 56.2 Å². The molecule has 0 aliphatic heterocycles. The monoisotopic (exact) mass is 451 g/mol. The summed E-state index contributed by atoms with van der Waals surface area (Å²) in [6.07, 6.45) is 4.76. The molecular weight excluding hydrogens is 429 g/mol. The highest BCUT2D eigenvalue weighted by Gasteiger charge is 2.24. The van der Waals surface area contributed by atoms with E-state index < -0.39 is 5.91 Å². The lowest BCUT2D eigenvalue weighted by Gasteiger charge is -2.16. The van der Waals surface area contributed by atoms with Crippen molar-refractivity contribution in [2.45, 2.75) is 0 Å². The van der Waals surface area contributed by atoms with Crippen LogP contribution in [0.4, 0.5) is 10.2 Å². The van der Waals surface area contributed by atoms with Gasteiger partial charge in [0.1, 0.15) is 17.3 Å². The summed E-state index contributed by atoms with van der Waals surface area (Å²) in [4.78, 5) is 36.0. The Morgan fingerprint density at radius 3 is 2.82 bits per heavy atom. The van der Waals surface area contributed by atoms with Crippen LogP contribution in [0.15, 0.2) is 48.9 Å². The van der Waals surface area contributed by atoms with Crippen molar-refractivity contribution in [2.75, 3.05) is 32.6 Å². The number of nitrogens with zero attached hydrogens (tertiary/aromatic N) is 6. The summed E-state index contributed by atoms with van der Waals surface area (Å²) < 4.78 is 21.6. The Kier molecular flexibility index (Phi) is 6.13. The molecule has 4 rings (SSSR count). The van der Waals surface area contributed by atoms with E-state index in [-0.39, 0.29) is 28.8 Å². The minimum absolute atomic E-state index is 0.106. The highest BCUT2D eigenvalue weighted by molar-refractivity contribution is 6.10. The van der Waals surface area contributed by atoms with Crippen molar-refractivity contribution in [1.82, 2.24) is 29.0 Å². The number of carbonyl (C=O) groups excluding carboxylic acids is 2. The van der Waals surface area contributed by atoms with Gasteiger partial charge in [-0.2, -0.15) is 10.1 Å². The second-order valence-electron chi connectivity index (χ2n) is 7.36. The van der Waals surface area contributed by atoms with Crippen LogP contribution in [0.25, 0.3) is 17.0 Å². The van der Waals surface area contributed by atoms with Crippen LogP contribution in [-0.4, -0.2) is 68.2 Å². The largest absolute Gasteiger partial charge is 0.383 e. The van der Waals surface area contributed by atoms with Crippen LogP contribution < -0.4 is 5.32 Å². The zero-order valence-electron chi connectivity index (χ0n) is 18.3. The summed E-state index contributed by atoms with van der Waals surface area (Å²) in [5.74, 6) is -0.669. The van der Waals surface area contributed by atoms with Crippen molar-refractivity contribution in [2.24, 2.45) is 7.05 Å². The Hall–Kier alpha value is -4.12. The molecule has 0 radical (unpaired) electrons. The Morgan fingerprint density at radius 2 is 2.06 bits per heavy atom. The maximum absolute atomic E-state index is 13.5. The number of amides is 2. The van der Waals surface area contributed by atoms with E-state index in [1.165, 1.54) is 27.9 Å². The van der Waals surface area contributed by atoms with E-state index in [0.29, 0.717) is 30.2 Å². The molecule has 1 N–H and O–H groups in total. The third-order valence-corrected chi connectivity index (χ3v) is 5.05. The highest BCUT2D eigenvalue weighted by Crippen LogP contribution is 2.20. The molecule has 3 heterocycles. The molecule has 0 atom stereocenters. The summed E-state index contributed by atoms with van der Waals surface area (Å²) >= 11 is 0. The summed E-state index contributed by atoms with van der Waals surface area (Å²) in [7, 11) is 4.75. The standard InChI is InChI=1S/C22H22FN7O3/c1-28(9-10-33-3)21(32)16-12-24-29(2)19(16)20(31)26-18-7-8-30-13-17(25-22(30)27-18)14-5-4-6-15(23)11-14/h4-8,11-13H,9-10H2,1-3H3,(H,25,26,27,31). The molecule has 0 bridgehead atoms. The fourth-order valence-electron chi connectivity index (χ4n) is 3.30. The topological polar surface area (TPSA) is 107 Å². The van der Waals surface area contributed by atoms with Crippen molar-refractivity contribution in [3.63, 3.8) is 0 Å². The number of halogens is 1. The summed E-state index contributed by atoms with van der Waals surface area (Å²) in [5.41, 5.74) is 1.43. The van der Waals surface area contributed by atoms with E-state index >= 15 is 0 Å². The zero-order chi connectivity index (χ0) is 23.5. The van der Waals surface area contributed by atoms with Gasteiger partial charge >= 0.3 is 0 Å². The fourth-order valence-corrected chi connectivity index (χ4v) is 3.30. The Bertz CT molecular complexity index is 1330. The summed E-state index contributed by atoms with van der Waals surface area (Å²) in [6, 6.07) is 7.70. The lowest BCUT2D eigenvalue weighted by atomic mass is 10.2. The molecule has 0 spiro atoms. The summed E-state index contributed by atoms with van der Waals surface area (Å²) in [5, 5.41) is 6.76. The van der Waals surface area contributed by atoms with E-state index in [2.05, 4.69) is 20.4 Å². The molecule has 4 aromatic rings. The Morgan fingerprint density at radius 1 is 1.24 bits per heavy atom. The van der Waals surface area contributed by atoms with Gasteiger partial charge in [-0.05, 0) is 18.2 Å². The van der Waals surface area contributed by atoms with Crippen LogP contribution in [0.2, 0.25) is 0 Å². The van der Waals surface area contributed by atoms with Gasteiger partial charge < -0.3 is 15.0 Å². The number of aryl methyl sites for hydroxylation is 1. The lowest BCUT2D eigenvalue weighted by molar-refractivity contribution is 0.0740. The van der Waals surface area contributed by atoms with E-state index in [0.717, 1.165) is 0 Å². The second-order valence-corrected chi connectivity index (χ2v) is 7.36. The SMILES string of the molecule is COCCN(C)C(=O)c1cnn(C)c1C(=O)Nc1ccn2cc(-c3cccc(F)c3)nc2n1. The van der Waals surface area contributed by atoms with Gasteiger partial charge in [0, 0.05) is 45.7 Å². The number of carbonyl (C=O) groups is 2. The molecule has 0 aliphatic carbocycles. The first-order valence-electron chi connectivity index (χ1n) is 10.1. The number of ether oxygens (including phenoxy) is 1. The predicted octanol–water partition coefficient (Wildman–Crippen LogP) is 2.24. The molecule has 2 amide bonds. The van der Waals surface area contributed by atoms with Crippen molar-refractivity contribution in [3.8, 4) is 11.3 Å². The first kappa shape index (κ1) is 22.1. The maximum Gasteiger partial charge on any atom is 0.275 e. The van der Waals surface area contributed by atoms with Gasteiger partial charge in [0.05, 0.1) is 24.1 Å². The average molecular weight is 451 g/mol. The molecular formula is C22H22FN7O3. The van der Waals surface area contributed by atoms with Gasteiger partial charge in [0.2, 0.25) is 5.78 Å². The Balaban J connectivity index is 1.57. The molecule has 10 nitrogen and oxygen atoms in total. The van der Waals surface area contributed by atoms with Crippen LogP contribution in [0.5, 0.6) is 0 Å². The predicted molar refractivity (Wildman–Crippen MR) is 118 cm³/mol. The van der Waals surface area contributed by atoms with Gasteiger partial charge in [-0.1, -0.05) is 12.1 Å². The molecule has 1 aromatic carbocycles. The molecule has 0 saturated heterocycles. The molecule has 0 saturated carbocycles. The first-order chi connectivity index (χ1) is 15.9. The number of rotatable bonds is 7. The van der Waals surface area contributed by atoms with Crippen LogP contribution in [0, 0.1) is 5.82 Å². The molecule has 11 heteroatoms. The van der Waals surface area contributed by atoms with Crippen molar-refractivity contribution >= 4 is 23.4 Å². The number of anilines is 1. The minimum Gasteiger partial charge on any atom is -0.383 e.